The molecule has 0 radical (unpaired) electrons. The Balaban J connectivity index is 1.69. The van der Waals surface area contributed by atoms with Crippen molar-refractivity contribution in [2.75, 3.05) is 24.6 Å². The van der Waals surface area contributed by atoms with Gasteiger partial charge in [-0.05, 0) is 17.7 Å². The molecule has 1 aromatic carbocycles. The molecule has 3 rings (SSSR count). The first-order chi connectivity index (χ1) is 10.2. The van der Waals surface area contributed by atoms with E-state index in [2.05, 4.69) is 21.0 Å². The minimum Gasteiger partial charge on any atom is -0.339 e. The van der Waals surface area contributed by atoms with Crippen LogP contribution >= 0.6 is 27.7 Å². The van der Waals surface area contributed by atoms with Gasteiger partial charge in [0.25, 0.3) is 0 Å². The van der Waals surface area contributed by atoms with Gasteiger partial charge in [-0.15, -0.1) is 0 Å². The van der Waals surface area contributed by atoms with Crippen molar-refractivity contribution in [2.24, 2.45) is 0 Å². The van der Waals surface area contributed by atoms with Crippen molar-refractivity contribution in [3.63, 3.8) is 0 Å². The fourth-order valence-corrected chi connectivity index (χ4v) is 3.62. The molecule has 1 aliphatic heterocycles. The van der Waals surface area contributed by atoms with Crippen molar-refractivity contribution in [3.8, 4) is 11.1 Å². The molecule has 0 bridgehead atoms. The number of carbonyl (C=O) groups is 1. The maximum Gasteiger partial charge on any atom is 0.244 e. The SMILES string of the molecule is O=C(Cn1cc(-c2cccc(Br)c2)cn1)N1CCSCC1. The molecule has 1 amide bonds. The molecule has 1 aromatic heterocycles. The van der Waals surface area contributed by atoms with Gasteiger partial charge in [0.1, 0.15) is 6.54 Å². The molecule has 21 heavy (non-hydrogen) atoms. The Hall–Kier alpha value is -1.27. The fraction of sp³-hybridized carbons (Fsp3) is 0.333. The number of benzene rings is 1. The standard InChI is InChI=1S/C15H16BrN3OS/c16-14-3-1-2-12(8-14)13-9-17-19(10-13)11-15(20)18-4-6-21-7-5-18/h1-3,8-10H,4-7,11H2. The highest BCUT2D eigenvalue weighted by atomic mass is 79.9. The molecule has 110 valence electrons. The van der Waals surface area contributed by atoms with Gasteiger partial charge in [0.15, 0.2) is 0 Å². The van der Waals surface area contributed by atoms with E-state index in [1.54, 1.807) is 10.9 Å². The zero-order chi connectivity index (χ0) is 14.7. The highest BCUT2D eigenvalue weighted by Gasteiger charge is 2.17. The van der Waals surface area contributed by atoms with Gasteiger partial charge in [-0.1, -0.05) is 28.1 Å². The van der Waals surface area contributed by atoms with E-state index in [-0.39, 0.29) is 5.91 Å². The molecule has 6 heteroatoms. The van der Waals surface area contributed by atoms with Crippen molar-refractivity contribution in [1.29, 1.82) is 0 Å². The van der Waals surface area contributed by atoms with Crippen molar-refractivity contribution >= 4 is 33.6 Å². The third-order valence-electron chi connectivity index (χ3n) is 3.45. The number of hydrogen-bond acceptors (Lipinski definition) is 3. The van der Waals surface area contributed by atoms with E-state index in [0.717, 1.165) is 40.2 Å². The maximum absolute atomic E-state index is 12.2. The van der Waals surface area contributed by atoms with Crippen LogP contribution in [-0.2, 0) is 11.3 Å². The molecular formula is C15H16BrN3OS. The van der Waals surface area contributed by atoms with Crippen molar-refractivity contribution in [2.45, 2.75) is 6.54 Å². The summed E-state index contributed by atoms with van der Waals surface area (Å²) in [6, 6.07) is 8.07. The topological polar surface area (TPSA) is 38.1 Å². The maximum atomic E-state index is 12.2. The fourth-order valence-electron chi connectivity index (χ4n) is 2.32. The first kappa shape index (κ1) is 14.7. The van der Waals surface area contributed by atoms with Crippen LogP contribution < -0.4 is 0 Å². The summed E-state index contributed by atoms with van der Waals surface area (Å²) < 4.78 is 2.76. The third-order valence-corrected chi connectivity index (χ3v) is 4.89. The second kappa shape index (κ2) is 6.66. The Kier molecular flexibility index (Phi) is 4.65. The Morgan fingerprint density at radius 2 is 2.10 bits per heavy atom. The van der Waals surface area contributed by atoms with E-state index in [9.17, 15) is 4.79 Å². The average Bonchev–Trinajstić information content (AvgIpc) is 2.97. The van der Waals surface area contributed by atoms with E-state index >= 15 is 0 Å². The molecule has 1 aliphatic rings. The van der Waals surface area contributed by atoms with E-state index in [0.29, 0.717) is 6.54 Å². The minimum absolute atomic E-state index is 0.152. The van der Waals surface area contributed by atoms with Gasteiger partial charge in [-0.2, -0.15) is 16.9 Å². The van der Waals surface area contributed by atoms with Gasteiger partial charge in [-0.25, -0.2) is 0 Å². The van der Waals surface area contributed by atoms with Gasteiger partial charge in [0.2, 0.25) is 5.91 Å². The van der Waals surface area contributed by atoms with Gasteiger partial charge in [-0.3, -0.25) is 9.48 Å². The average molecular weight is 366 g/mol. The van der Waals surface area contributed by atoms with E-state index in [4.69, 9.17) is 0 Å². The van der Waals surface area contributed by atoms with Crippen LogP contribution in [0.5, 0.6) is 0 Å². The smallest absolute Gasteiger partial charge is 0.244 e. The zero-order valence-electron chi connectivity index (χ0n) is 11.5. The van der Waals surface area contributed by atoms with Gasteiger partial charge in [0.05, 0.1) is 6.20 Å². The first-order valence-corrected chi connectivity index (χ1v) is 8.81. The number of carbonyl (C=O) groups excluding carboxylic acids is 1. The number of rotatable bonds is 3. The number of halogens is 1. The second-order valence-electron chi connectivity index (χ2n) is 4.93. The Labute approximate surface area is 136 Å². The number of nitrogens with zero attached hydrogens (tertiary/aromatic N) is 3. The van der Waals surface area contributed by atoms with Gasteiger partial charge in [0, 0.05) is 40.8 Å². The lowest BCUT2D eigenvalue weighted by Gasteiger charge is -2.26. The van der Waals surface area contributed by atoms with Crippen LogP contribution in [-0.4, -0.2) is 45.2 Å². The lowest BCUT2D eigenvalue weighted by Crippen LogP contribution is -2.39. The predicted molar refractivity (Wildman–Crippen MR) is 89.3 cm³/mol. The van der Waals surface area contributed by atoms with Crippen molar-refractivity contribution < 1.29 is 4.79 Å². The monoisotopic (exact) mass is 365 g/mol. The molecule has 1 saturated heterocycles. The number of hydrogen-bond donors (Lipinski definition) is 0. The lowest BCUT2D eigenvalue weighted by atomic mass is 10.1. The molecule has 0 atom stereocenters. The lowest BCUT2D eigenvalue weighted by molar-refractivity contribution is -0.131. The molecule has 0 N–H and O–H groups in total. The molecule has 1 fully saturated rings. The first-order valence-electron chi connectivity index (χ1n) is 6.86. The summed E-state index contributed by atoms with van der Waals surface area (Å²) in [7, 11) is 0. The van der Waals surface area contributed by atoms with E-state index in [1.165, 1.54) is 0 Å². The third kappa shape index (κ3) is 3.68. The largest absolute Gasteiger partial charge is 0.339 e. The van der Waals surface area contributed by atoms with Gasteiger partial charge >= 0.3 is 0 Å². The minimum atomic E-state index is 0.152. The molecule has 0 spiro atoms. The quantitative estimate of drug-likeness (QED) is 0.839. The molecule has 2 aromatic rings. The number of aromatic nitrogens is 2. The molecule has 4 nitrogen and oxygen atoms in total. The summed E-state index contributed by atoms with van der Waals surface area (Å²) in [5.74, 6) is 2.22. The number of amides is 1. The molecule has 2 heterocycles. The van der Waals surface area contributed by atoms with Gasteiger partial charge < -0.3 is 4.90 Å². The van der Waals surface area contributed by atoms with Crippen LogP contribution in [0.1, 0.15) is 0 Å². The molecule has 0 unspecified atom stereocenters. The van der Waals surface area contributed by atoms with Crippen molar-refractivity contribution in [1.82, 2.24) is 14.7 Å². The predicted octanol–water partition coefficient (Wildman–Crippen LogP) is 2.89. The van der Waals surface area contributed by atoms with Crippen molar-refractivity contribution in [3.05, 3.63) is 41.1 Å². The van der Waals surface area contributed by atoms with Crippen LogP contribution in [0, 0.1) is 0 Å². The van der Waals surface area contributed by atoms with Crippen LogP contribution in [0.3, 0.4) is 0 Å². The molecular weight excluding hydrogens is 350 g/mol. The highest BCUT2D eigenvalue weighted by Crippen LogP contribution is 2.22. The second-order valence-corrected chi connectivity index (χ2v) is 7.07. The zero-order valence-corrected chi connectivity index (χ0v) is 13.9. The van der Waals surface area contributed by atoms with E-state index in [1.807, 2.05) is 47.1 Å². The summed E-state index contributed by atoms with van der Waals surface area (Å²) in [5.41, 5.74) is 2.12. The van der Waals surface area contributed by atoms with Crippen LogP contribution in [0.4, 0.5) is 0 Å². The Morgan fingerprint density at radius 1 is 1.29 bits per heavy atom. The van der Waals surface area contributed by atoms with Crippen LogP contribution in [0.2, 0.25) is 0 Å². The van der Waals surface area contributed by atoms with Crippen LogP contribution in [0.25, 0.3) is 11.1 Å². The highest BCUT2D eigenvalue weighted by molar-refractivity contribution is 9.10. The summed E-state index contributed by atoms with van der Waals surface area (Å²) in [6.07, 6.45) is 3.74. The normalized spacial score (nSPS) is 15.2. The summed E-state index contributed by atoms with van der Waals surface area (Å²) in [6.45, 7) is 2.02. The van der Waals surface area contributed by atoms with E-state index < -0.39 is 0 Å². The summed E-state index contributed by atoms with van der Waals surface area (Å²) in [5, 5.41) is 4.31. The number of thioether (sulfide) groups is 1. The Morgan fingerprint density at radius 3 is 2.86 bits per heavy atom. The Bertz CT molecular complexity index is 637. The molecule has 0 saturated carbocycles. The van der Waals surface area contributed by atoms with Crippen LogP contribution in [0.15, 0.2) is 41.1 Å². The molecule has 0 aliphatic carbocycles. The summed E-state index contributed by atoms with van der Waals surface area (Å²) in [4.78, 5) is 14.1. The summed E-state index contributed by atoms with van der Waals surface area (Å²) >= 11 is 5.37.